The molecule has 0 aliphatic rings. The minimum atomic E-state index is -3.76. The van der Waals surface area contributed by atoms with E-state index < -0.39 is 10.0 Å². The Morgan fingerprint density at radius 1 is 1.43 bits per heavy atom. The fraction of sp³-hybridized carbons (Fsp3) is 0.333. The van der Waals surface area contributed by atoms with Gasteiger partial charge in [0.05, 0.1) is 10.5 Å². The lowest BCUT2D eigenvalue weighted by Gasteiger charge is -2.07. The minimum absolute atomic E-state index is 0.0644. The van der Waals surface area contributed by atoms with Crippen molar-refractivity contribution in [3.8, 4) is 6.07 Å². The van der Waals surface area contributed by atoms with Crippen molar-refractivity contribution in [3.63, 3.8) is 0 Å². The van der Waals surface area contributed by atoms with Crippen molar-refractivity contribution in [1.82, 2.24) is 10.2 Å². The Labute approximate surface area is 144 Å². The zero-order chi connectivity index (χ0) is 17.0. The zero-order valence-electron chi connectivity index (χ0n) is 12.8. The van der Waals surface area contributed by atoms with Crippen LogP contribution in [0.5, 0.6) is 0 Å². The van der Waals surface area contributed by atoms with Crippen molar-refractivity contribution < 1.29 is 8.42 Å². The number of rotatable bonds is 6. The summed E-state index contributed by atoms with van der Waals surface area (Å²) in [7, 11) is -3.76. The summed E-state index contributed by atoms with van der Waals surface area (Å²) in [6.45, 7) is 4.16. The molecular formula is C15H17BrN4O2S. The number of nitrogens with zero attached hydrogens (tertiary/aromatic N) is 2. The van der Waals surface area contributed by atoms with E-state index in [9.17, 15) is 8.42 Å². The number of H-pyrrole nitrogens is 1. The summed E-state index contributed by atoms with van der Waals surface area (Å²) in [4.78, 5) is 0.0644. The van der Waals surface area contributed by atoms with E-state index in [2.05, 4.69) is 44.7 Å². The number of hydrogen-bond acceptors (Lipinski definition) is 4. The highest BCUT2D eigenvalue weighted by Crippen LogP contribution is 2.24. The van der Waals surface area contributed by atoms with Gasteiger partial charge in [0.25, 0.3) is 10.0 Å². The Balaban J connectivity index is 2.22. The fourth-order valence-electron chi connectivity index (χ4n) is 2.18. The van der Waals surface area contributed by atoms with E-state index in [0.717, 1.165) is 18.5 Å². The molecule has 0 saturated carbocycles. The Morgan fingerprint density at radius 2 is 2.17 bits per heavy atom. The van der Waals surface area contributed by atoms with Crippen molar-refractivity contribution >= 4 is 31.8 Å². The van der Waals surface area contributed by atoms with Crippen LogP contribution >= 0.6 is 15.9 Å². The third kappa shape index (κ3) is 4.12. The molecule has 2 rings (SSSR count). The van der Waals surface area contributed by atoms with Gasteiger partial charge in [-0.1, -0.05) is 20.3 Å². The van der Waals surface area contributed by atoms with Crippen molar-refractivity contribution in [2.24, 2.45) is 0 Å². The normalized spacial score (nSPS) is 12.6. The molecule has 0 aliphatic heterocycles. The number of aromatic nitrogens is 2. The smallest absolute Gasteiger partial charge is 0.263 e. The van der Waals surface area contributed by atoms with Crippen LogP contribution in [0.15, 0.2) is 33.6 Å². The Morgan fingerprint density at radius 3 is 2.78 bits per heavy atom. The maximum Gasteiger partial charge on any atom is 0.263 e. The first-order valence-electron chi connectivity index (χ1n) is 7.15. The van der Waals surface area contributed by atoms with Crippen LogP contribution in [0.4, 0.5) is 5.82 Å². The molecule has 8 heteroatoms. The predicted molar refractivity (Wildman–Crippen MR) is 91.6 cm³/mol. The fourth-order valence-corrected chi connectivity index (χ4v) is 3.82. The van der Waals surface area contributed by atoms with E-state index in [1.807, 2.05) is 6.07 Å². The van der Waals surface area contributed by atoms with Gasteiger partial charge >= 0.3 is 0 Å². The van der Waals surface area contributed by atoms with Crippen LogP contribution in [0.3, 0.4) is 0 Å². The molecule has 122 valence electrons. The molecule has 1 aromatic heterocycles. The Hall–Kier alpha value is -1.85. The average molecular weight is 397 g/mol. The molecular weight excluding hydrogens is 380 g/mol. The van der Waals surface area contributed by atoms with Crippen LogP contribution in [0, 0.1) is 11.3 Å². The first kappa shape index (κ1) is 17.5. The summed E-state index contributed by atoms with van der Waals surface area (Å²) >= 11 is 3.19. The second kappa shape index (κ2) is 7.15. The quantitative estimate of drug-likeness (QED) is 0.776. The molecule has 0 spiro atoms. The van der Waals surface area contributed by atoms with Crippen molar-refractivity contribution in [2.75, 3.05) is 4.72 Å². The number of hydrogen-bond donors (Lipinski definition) is 2. The third-order valence-electron chi connectivity index (χ3n) is 3.46. The third-order valence-corrected chi connectivity index (χ3v) is 5.47. The number of nitriles is 1. The lowest BCUT2D eigenvalue weighted by Crippen LogP contribution is -2.13. The van der Waals surface area contributed by atoms with Gasteiger partial charge in [-0.2, -0.15) is 10.4 Å². The molecule has 0 radical (unpaired) electrons. The van der Waals surface area contributed by atoms with E-state index in [-0.39, 0.29) is 16.6 Å². The predicted octanol–water partition coefficient (Wildman–Crippen LogP) is 3.75. The summed E-state index contributed by atoms with van der Waals surface area (Å²) in [6.07, 6.45) is 2.04. The molecule has 1 atom stereocenters. The highest BCUT2D eigenvalue weighted by atomic mass is 79.9. The van der Waals surface area contributed by atoms with Crippen LogP contribution in [-0.4, -0.2) is 18.6 Å². The SMILES string of the molecule is CCCC(C)c1cc(NS(=O)(=O)c2ccc(C#N)c(Br)c2)n[nH]1. The van der Waals surface area contributed by atoms with Gasteiger partial charge in [0, 0.05) is 16.2 Å². The van der Waals surface area contributed by atoms with E-state index in [0.29, 0.717) is 10.0 Å². The number of benzene rings is 1. The number of nitrogens with one attached hydrogen (secondary N) is 2. The molecule has 1 aromatic carbocycles. The average Bonchev–Trinajstić information content (AvgIpc) is 2.95. The second-order valence-corrected chi connectivity index (χ2v) is 7.79. The highest BCUT2D eigenvalue weighted by molar-refractivity contribution is 9.10. The minimum Gasteiger partial charge on any atom is -0.280 e. The summed E-state index contributed by atoms with van der Waals surface area (Å²) in [5.74, 6) is 0.540. The van der Waals surface area contributed by atoms with Gasteiger partial charge in [-0.15, -0.1) is 0 Å². The molecule has 0 saturated heterocycles. The van der Waals surface area contributed by atoms with Crippen molar-refractivity contribution in [3.05, 3.63) is 40.0 Å². The van der Waals surface area contributed by atoms with Gasteiger partial charge < -0.3 is 0 Å². The molecule has 2 aromatic rings. The van der Waals surface area contributed by atoms with Crippen LogP contribution in [0.25, 0.3) is 0 Å². The largest absolute Gasteiger partial charge is 0.280 e. The standard InChI is InChI=1S/C15H17BrN4O2S/c1-3-4-10(2)14-8-15(19-18-14)20-23(21,22)12-6-5-11(9-17)13(16)7-12/h5-8,10H,3-4H2,1-2H3,(H2,18,19,20). The zero-order valence-corrected chi connectivity index (χ0v) is 15.2. The molecule has 0 amide bonds. The van der Waals surface area contributed by atoms with Crippen molar-refractivity contribution in [2.45, 2.75) is 37.5 Å². The lowest BCUT2D eigenvalue weighted by molar-refractivity contribution is 0.601. The highest BCUT2D eigenvalue weighted by Gasteiger charge is 2.18. The number of halogens is 1. The summed E-state index contributed by atoms with van der Waals surface area (Å²) in [5, 5.41) is 15.8. The van der Waals surface area contributed by atoms with E-state index in [1.165, 1.54) is 18.2 Å². The molecule has 1 unspecified atom stereocenters. The Kier molecular flexibility index (Phi) is 5.44. The topological polar surface area (TPSA) is 98.6 Å². The van der Waals surface area contributed by atoms with Crippen LogP contribution < -0.4 is 4.72 Å². The first-order valence-corrected chi connectivity index (χ1v) is 9.42. The van der Waals surface area contributed by atoms with E-state index in [1.54, 1.807) is 6.07 Å². The first-order chi connectivity index (χ1) is 10.9. The maximum absolute atomic E-state index is 12.4. The van der Waals surface area contributed by atoms with Crippen LogP contribution in [-0.2, 0) is 10.0 Å². The van der Waals surface area contributed by atoms with Crippen LogP contribution in [0.2, 0.25) is 0 Å². The summed E-state index contributed by atoms with van der Waals surface area (Å²) < 4.78 is 27.7. The summed E-state index contributed by atoms with van der Waals surface area (Å²) in [5.41, 5.74) is 1.27. The molecule has 2 N–H and O–H groups in total. The molecule has 6 nitrogen and oxygen atoms in total. The second-order valence-electron chi connectivity index (χ2n) is 5.26. The van der Waals surface area contributed by atoms with Crippen molar-refractivity contribution in [1.29, 1.82) is 5.26 Å². The van der Waals surface area contributed by atoms with E-state index >= 15 is 0 Å². The molecule has 23 heavy (non-hydrogen) atoms. The van der Waals surface area contributed by atoms with Gasteiger partial charge in [0.1, 0.15) is 6.07 Å². The number of aromatic amines is 1. The van der Waals surface area contributed by atoms with Gasteiger partial charge in [-0.05, 0) is 46.5 Å². The molecule has 0 bridgehead atoms. The van der Waals surface area contributed by atoms with E-state index in [4.69, 9.17) is 5.26 Å². The molecule has 0 fully saturated rings. The molecule has 1 heterocycles. The number of sulfonamides is 1. The van der Waals surface area contributed by atoms with Gasteiger partial charge in [0.15, 0.2) is 5.82 Å². The summed E-state index contributed by atoms with van der Waals surface area (Å²) in [6, 6.07) is 7.92. The molecule has 0 aliphatic carbocycles. The monoisotopic (exact) mass is 396 g/mol. The lowest BCUT2D eigenvalue weighted by atomic mass is 10.0. The van der Waals surface area contributed by atoms with Crippen LogP contribution in [0.1, 0.15) is 43.9 Å². The van der Waals surface area contributed by atoms with Gasteiger partial charge in [0.2, 0.25) is 0 Å². The number of anilines is 1. The Bertz CT molecular complexity index is 839. The maximum atomic E-state index is 12.4. The van der Waals surface area contributed by atoms with Gasteiger partial charge in [-0.25, -0.2) is 8.42 Å². The van der Waals surface area contributed by atoms with Gasteiger partial charge in [-0.3, -0.25) is 9.82 Å².